The monoisotopic (exact) mass is 828 g/mol. The van der Waals surface area contributed by atoms with Gasteiger partial charge in [0.1, 0.15) is 11.2 Å². The van der Waals surface area contributed by atoms with E-state index in [1.807, 2.05) is 24.3 Å². The van der Waals surface area contributed by atoms with Gasteiger partial charge in [0.15, 0.2) is 5.82 Å². The fourth-order valence-electron chi connectivity index (χ4n) is 10.5. The van der Waals surface area contributed by atoms with Gasteiger partial charge in [0, 0.05) is 71.7 Å². The second-order valence-corrected chi connectivity index (χ2v) is 16.9. The molecule has 4 aromatic heterocycles. The van der Waals surface area contributed by atoms with Gasteiger partial charge in [0.05, 0.1) is 33.6 Å². The van der Waals surface area contributed by atoms with Crippen LogP contribution in [0.5, 0.6) is 0 Å². The SMILES string of the molecule is c1ccc(-c2nc(-c3cccc(-n4c5c(c6ccccc64)-c4ccccc4-c4c(n(-c6ccc7oc8ccccc8c7c6)c6ccccc46)-c4ccccc4-5)c3)nc3ccccc23)cc1. The lowest BCUT2D eigenvalue weighted by atomic mass is 9.84. The molecular weight excluding hydrogens is 793 g/mol. The second kappa shape index (κ2) is 13.9. The number of hydrogen-bond acceptors (Lipinski definition) is 3. The highest BCUT2D eigenvalue weighted by molar-refractivity contribution is 6.17. The number of aromatic nitrogens is 4. The van der Waals surface area contributed by atoms with Crippen LogP contribution in [0.4, 0.5) is 0 Å². The van der Waals surface area contributed by atoms with Crippen LogP contribution < -0.4 is 0 Å². The lowest BCUT2D eigenvalue weighted by Crippen LogP contribution is -2.04. The van der Waals surface area contributed by atoms with Gasteiger partial charge in [-0.3, -0.25) is 0 Å². The van der Waals surface area contributed by atoms with Gasteiger partial charge in [-0.05, 0) is 65.7 Å². The maximum atomic E-state index is 6.35. The van der Waals surface area contributed by atoms with Crippen molar-refractivity contribution in [2.45, 2.75) is 0 Å². The lowest BCUT2D eigenvalue weighted by Gasteiger charge is -2.23. The number of hydrogen-bond donors (Lipinski definition) is 0. The molecule has 4 heterocycles. The molecule has 0 fully saturated rings. The Morgan fingerprint density at radius 1 is 0.338 bits per heavy atom. The van der Waals surface area contributed by atoms with Crippen LogP contribution in [-0.2, 0) is 0 Å². The summed E-state index contributed by atoms with van der Waals surface area (Å²) in [6.45, 7) is 0. The Morgan fingerprint density at radius 2 is 0.862 bits per heavy atom. The number of furan rings is 1. The van der Waals surface area contributed by atoms with Crippen LogP contribution in [0, 0.1) is 0 Å². The van der Waals surface area contributed by atoms with Gasteiger partial charge >= 0.3 is 0 Å². The topological polar surface area (TPSA) is 48.8 Å². The largest absolute Gasteiger partial charge is 0.456 e. The first kappa shape index (κ1) is 35.8. The Bertz CT molecular complexity index is 4080. The summed E-state index contributed by atoms with van der Waals surface area (Å²) in [5, 5.41) is 5.62. The molecule has 0 atom stereocenters. The molecule has 0 radical (unpaired) electrons. The van der Waals surface area contributed by atoms with E-state index >= 15 is 0 Å². The van der Waals surface area contributed by atoms with Gasteiger partial charge in [-0.2, -0.15) is 0 Å². The third-order valence-electron chi connectivity index (χ3n) is 13.3. The molecule has 9 aromatic carbocycles. The normalized spacial score (nSPS) is 12.0. The predicted molar refractivity (Wildman–Crippen MR) is 267 cm³/mol. The van der Waals surface area contributed by atoms with Crippen LogP contribution >= 0.6 is 0 Å². The molecule has 0 saturated carbocycles. The van der Waals surface area contributed by atoms with Crippen molar-refractivity contribution in [1.82, 2.24) is 19.1 Å². The maximum absolute atomic E-state index is 6.35. The summed E-state index contributed by atoms with van der Waals surface area (Å²) in [7, 11) is 0. The highest BCUT2D eigenvalue weighted by Gasteiger charge is 2.32. The molecule has 0 unspecified atom stereocenters. The van der Waals surface area contributed by atoms with E-state index in [2.05, 4.69) is 203 Å². The summed E-state index contributed by atoms with van der Waals surface area (Å²) >= 11 is 0. The standard InChI is InChI=1S/C60H36N4O/c1-2-17-37(18-3-1)57-46-26-8-12-29-50(46)61-60(62-57)38-19-16-20-39(35-38)63-51-30-13-9-27-47(51)55-42-22-4-5-23-43(42)56-48-28-10-14-31-52(48)64(59(56)45-25-7-6-24-44(45)58(55)63)40-33-34-54-49(36-40)41-21-11-15-32-53(41)65-54/h1-36H. The van der Waals surface area contributed by atoms with E-state index in [0.717, 1.165) is 94.6 Å². The summed E-state index contributed by atoms with van der Waals surface area (Å²) in [5.41, 5.74) is 19.4. The molecule has 0 bridgehead atoms. The zero-order chi connectivity index (χ0) is 42.6. The van der Waals surface area contributed by atoms with Gasteiger partial charge in [-0.25, -0.2) is 9.97 Å². The summed E-state index contributed by atoms with van der Waals surface area (Å²) in [4.78, 5) is 10.5. The van der Waals surface area contributed by atoms with Crippen molar-refractivity contribution in [1.29, 1.82) is 0 Å². The van der Waals surface area contributed by atoms with E-state index in [-0.39, 0.29) is 0 Å². The van der Waals surface area contributed by atoms with Crippen molar-refractivity contribution in [3.05, 3.63) is 218 Å². The van der Waals surface area contributed by atoms with E-state index in [4.69, 9.17) is 14.4 Å². The molecule has 14 rings (SSSR count). The molecule has 302 valence electrons. The molecule has 0 saturated heterocycles. The summed E-state index contributed by atoms with van der Waals surface area (Å²) in [6.07, 6.45) is 0. The first-order valence-corrected chi connectivity index (χ1v) is 22.1. The van der Waals surface area contributed by atoms with Crippen LogP contribution in [-0.4, -0.2) is 19.1 Å². The minimum Gasteiger partial charge on any atom is -0.456 e. The minimum absolute atomic E-state index is 0.686. The van der Waals surface area contributed by atoms with E-state index < -0.39 is 0 Å². The Balaban J connectivity index is 1.07. The smallest absolute Gasteiger partial charge is 0.160 e. The molecule has 0 aliphatic heterocycles. The van der Waals surface area contributed by atoms with Gasteiger partial charge in [0.2, 0.25) is 0 Å². The van der Waals surface area contributed by atoms with Crippen molar-refractivity contribution in [3.63, 3.8) is 0 Å². The lowest BCUT2D eigenvalue weighted by molar-refractivity contribution is 0.669. The first-order chi connectivity index (χ1) is 32.3. The van der Waals surface area contributed by atoms with Crippen LogP contribution in [0.3, 0.4) is 0 Å². The van der Waals surface area contributed by atoms with Gasteiger partial charge < -0.3 is 13.6 Å². The van der Waals surface area contributed by atoms with E-state index in [0.29, 0.717) is 5.82 Å². The quantitative estimate of drug-likeness (QED) is 0.178. The van der Waals surface area contributed by atoms with Gasteiger partial charge in [-0.15, -0.1) is 0 Å². The zero-order valence-electron chi connectivity index (χ0n) is 35.0. The molecule has 5 nitrogen and oxygen atoms in total. The van der Waals surface area contributed by atoms with Crippen LogP contribution in [0.1, 0.15) is 0 Å². The summed E-state index contributed by atoms with van der Waals surface area (Å²) < 4.78 is 11.3. The highest BCUT2D eigenvalue weighted by Crippen LogP contribution is 2.55. The summed E-state index contributed by atoms with van der Waals surface area (Å²) in [6, 6.07) is 78.1. The minimum atomic E-state index is 0.686. The third kappa shape index (κ3) is 5.27. The maximum Gasteiger partial charge on any atom is 0.160 e. The Morgan fingerprint density at radius 3 is 1.55 bits per heavy atom. The first-order valence-electron chi connectivity index (χ1n) is 22.1. The van der Waals surface area contributed by atoms with Crippen molar-refractivity contribution in [2.75, 3.05) is 0 Å². The van der Waals surface area contributed by atoms with Crippen LogP contribution in [0.2, 0.25) is 0 Å². The number of rotatable bonds is 4. The van der Waals surface area contributed by atoms with E-state index in [1.165, 1.54) is 33.0 Å². The Hall–Kier alpha value is -8.80. The van der Waals surface area contributed by atoms with Crippen LogP contribution in [0.25, 0.3) is 133 Å². The Labute approximate surface area is 373 Å². The summed E-state index contributed by atoms with van der Waals surface area (Å²) in [5.74, 6) is 0.686. The average molecular weight is 829 g/mol. The fraction of sp³-hybridized carbons (Fsp3) is 0. The number of fused-ring (bicyclic) bond motifs is 16. The molecule has 1 aliphatic rings. The zero-order valence-corrected chi connectivity index (χ0v) is 35.0. The molecule has 0 spiro atoms. The van der Waals surface area contributed by atoms with Crippen molar-refractivity contribution in [3.8, 4) is 78.8 Å². The second-order valence-electron chi connectivity index (χ2n) is 16.9. The Kier molecular flexibility index (Phi) is 7.62. The van der Waals surface area contributed by atoms with Crippen molar-refractivity contribution < 1.29 is 4.42 Å². The van der Waals surface area contributed by atoms with Crippen molar-refractivity contribution >= 4 is 54.6 Å². The van der Waals surface area contributed by atoms with E-state index in [9.17, 15) is 0 Å². The van der Waals surface area contributed by atoms with Crippen molar-refractivity contribution in [2.24, 2.45) is 0 Å². The third-order valence-corrected chi connectivity index (χ3v) is 13.3. The molecule has 1 aliphatic carbocycles. The molecule has 0 amide bonds. The van der Waals surface area contributed by atoms with Gasteiger partial charge in [0.25, 0.3) is 0 Å². The van der Waals surface area contributed by atoms with E-state index in [1.54, 1.807) is 0 Å². The number of para-hydroxylation sites is 4. The predicted octanol–water partition coefficient (Wildman–Crippen LogP) is 15.7. The molecule has 13 aromatic rings. The fourth-order valence-corrected chi connectivity index (χ4v) is 10.5. The molecule has 0 N–H and O–H groups in total. The molecule has 65 heavy (non-hydrogen) atoms. The van der Waals surface area contributed by atoms with Gasteiger partial charge in [-0.1, -0.05) is 164 Å². The number of nitrogens with zero attached hydrogens (tertiary/aromatic N) is 4. The number of benzene rings is 9. The molecule has 5 heteroatoms. The highest BCUT2D eigenvalue weighted by atomic mass is 16.3. The molecular formula is C60H36N4O. The average Bonchev–Trinajstić information content (AvgIpc) is 4.03. The van der Waals surface area contributed by atoms with Crippen LogP contribution in [0.15, 0.2) is 223 Å².